The number of morpholine rings is 1. The maximum absolute atomic E-state index is 13.5. The second-order valence-electron chi connectivity index (χ2n) is 7.85. The standard InChI is InChI=1S/C23H25FN4O4S/c1-16-3-8-19(33(30,31)28-11-13-32-14-12-28)15-20(16)23(29)26-21(22-25-9-10-27(22)2)17-4-6-18(24)7-5-17/h3-10,15,21H,11-14H2,1-2H3,(H,26,29). The highest BCUT2D eigenvalue weighted by Crippen LogP contribution is 2.24. The summed E-state index contributed by atoms with van der Waals surface area (Å²) in [6.07, 6.45) is 3.36. The lowest BCUT2D eigenvalue weighted by atomic mass is 10.0. The van der Waals surface area contributed by atoms with E-state index in [-0.39, 0.29) is 29.4 Å². The molecule has 1 N–H and O–H groups in total. The van der Waals surface area contributed by atoms with E-state index >= 15 is 0 Å². The summed E-state index contributed by atoms with van der Waals surface area (Å²) in [7, 11) is -1.96. The molecule has 0 spiro atoms. The quantitative estimate of drug-likeness (QED) is 0.595. The second kappa shape index (κ2) is 9.42. The third kappa shape index (κ3) is 4.82. The molecule has 1 aliphatic heterocycles. The number of hydrogen-bond acceptors (Lipinski definition) is 5. The molecule has 33 heavy (non-hydrogen) atoms. The van der Waals surface area contributed by atoms with Crippen molar-refractivity contribution in [3.63, 3.8) is 0 Å². The molecule has 1 fully saturated rings. The molecule has 3 aromatic rings. The van der Waals surface area contributed by atoms with E-state index in [1.807, 2.05) is 0 Å². The van der Waals surface area contributed by atoms with Gasteiger partial charge < -0.3 is 14.6 Å². The van der Waals surface area contributed by atoms with Gasteiger partial charge in [0.2, 0.25) is 10.0 Å². The highest BCUT2D eigenvalue weighted by atomic mass is 32.2. The summed E-state index contributed by atoms with van der Waals surface area (Å²) in [4.78, 5) is 17.7. The SMILES string of the molecule is Cc1ccc(S(=O)(=O)N2CCOCC2)cc1C(=O)NC(c1ccc(F)cc1)c1nccn1C. The van der Waals surface area contributed by atoms with Crippen LogP contribution in [0.2, 0.25) is 0 Å². The number of carbonyl (C=O) groups excluding carboxylic acids is 1. The van der Waals surface area contributed by atoms with Crippen LogP contribution in [0.15, 0.2) is 59.8 Å². The highest BCUT2D eigenvalue weighted by molar-refractivity contribution is 7.89. The van der Waals surface area contributed by atoms with Crippen LogP contribution in [0.5, 0.6) is 0 Å². The van der Waals surface area contributed by atoms with Gasteiger partial charge in [0.15, 0.2) is 0 Å². The summed E-state index contributed by atoms with van der Waals surface area (Å²) in [6.45, 7) is 2.95. The van der Waals surface area contributed by atoms with Crippen LogP contribution in [0.3, 0.4) is 0 Å². The summed E-state index contributed by atoms with van der Waals surface area (Å²) in [5.41, 5.74) is 1.52. The fourth-order valence-electron chi connectivity index (χ4n) is 3.76. The van der Waals surface area contributed by atoms with Gasteiger partial charge in [0.1, 0.15) is 17.7 Å². The molecular weight excluding hydrogens is 447 g/mol. The van der Waals surface area contributed by atoms with Crippen molar-refractivity contribution in [1.82, 2.24) is 19.2 Å². The fraction of sp³-hybridized carbons (Fsp3) is 0.304. The van der Waals surface area contributed by atoms with Gasteiger partial charge in [0, 0.05) is 38.1 Å². The van der Waals surface area contributed by atoms with E-state index in [0.29, 0.717) is 30.2 Å². The number of benzene rings is 2. The summed E-state index contributed by atoms with van der Waals surface area (Å²) in [6, 6.07) is 9.68. The Labute approximate surface area is 192 Å². The number of imidazole rings is 1. The van der Waals surface area contributed by atoms with Gasteiger partial charge in [-0.1, -0.05) is 18.2 Å². The average Bonchev–Trinajstić information content (AvgIpc) is 3.24. The molecule has 0 bridgehead atoms. The minimum Gasteiger partial charge on any atom is -0.379 e. The zero-order valence-corrected chi connectivity index (χ0v) is 19.2. The Kier molecular flexibility index (Phi) is 6.59. The largest absolute Gasteiger partial charge is 0.379 e. The first-order valence-electron chi connectivity index (χ1n) is 10.5. The smallest absolute Gasteiger partial charge is 0.252 e. The number of nitrogens with zero attached hydrogens (tertiary/aromatic N) is 3. The molecule has 0 saturated carbocycles. The number of nitrogens with one attached hydrogen (secondary N) is 1. The van der Waals surface area contributed by atoms with Crippen molar-refractivity contribution in [2.45, 2.75) is 17.9 Å². The van der Waals surface area contributed by atoms with Crippen LogP contribution in [0.4, 0.5) is 4.39 Å². The Hall–Kier alpha value is -3.08. The number of rotatable bonds is 6. The molecule has 4 rings (SSSR count). The van der Waals surface area contributed by atoms with E-state index in [9.17, 15) is 17.6 Å². The van der Waals surface area contributed by atoms with Gasteiger partial charge in [-0.05, 0) is 42.3 Å². The molecule has 174 valence electrons. The van der Waals surface area contributed by atoms with Crippen LogP contribution in [0, 0.1) is 12.7 Å². The number of aromatic nitrogens is 2. The number of amides is 1. The molecule has 8 nitrogen and oxygen atoms in total. The Morgan fingerprint density at radius 1 is 1.15 bits per heavy atom. The number of sulfonamides is 1. The lowest BCUT2D eigenvalue weighted by Gasteiger charge is -2.26. The van der Waals surface area contributed by atoms with Crippen molar-refractivity contribution in [3.05, 3.63) is 83.2 Å². The number of aryl methyl sites for hydroxylation is 2. The van der Waals surface area contributed by atoms with Crippen LogP contribution in [0.1, 0.15) is 33.4 Å². The highest BCUT2D eigenvalue weighted by Gasteiger charge is 2.28. The van der Waals surface area contributed by atoms with Crippen LogP contribution >= 0.6 is 0 Å². The Morgan fingerprint density at radius 3 is 2.48 bits per heavy atom. The predicted molar refractivity (Wildman–Crippen MR) is 120 cm³/mol. The summed E-state index contributed by atoms with van der Waals surface area (Å²) in [5, 5.41) is 2.94. The number of carbonyl (C=O) groups is 1. The molecule has 1 saturated heterocycles. The minimum absolute atomic E-state index is 0.0514. The van der Waals surface area contributed by atoms with Crippen molar-refractivity contribution in [2.24, 2.45) is 7.05 Å². The zero-order chi connectivity index (χ0) is 23.6. The van der Waals surface area contributed by atoms with Gasteiger partial charge in [-0.15, -0.1) is 0 Å². The van der Waals surface area contributed by atoms with E-state index in [1.54, 1.807) is 49.1 Å². The Bertz CT molecular complexity index is 1250. The first-order valence-corrected chi connectivity index (χ1v) is 11.9. The molecule has 0 aliphatic carbocycles. The third-order valence-corrected chi connectivity index (χ3v) is 7.55. The van der Waals surface area contributed by atoms with E-state index < -0.39 is 22.0 Å². The van der Waals surface area contributed by atoms with Crippen molar-refractivity contribution >= 4 is 15.9 Å². The van der Waals surface area contributed by atoms with Crippen LogP contribution < -0.4 is 5.32 Å². The molecule has 1 amide bonds. The van der Waals surface area contributed by atoms with Gasteiger partial charge in [0.25, 0.3) is 5.91 Å². The van der Waals surface area contributed by atoms with E-state index in [1.165, 1.54) is 28.6 Å². The summed E-state index contributed by atoms with van der Waals surface area (Å²) < 4.78 is 48.0. The molecule has 1 unspecified atom stereocenters. The Morgan fingerprint density at radius 2 is 1.85 bits per heavy atom. The van der Waals surface area contributed by atoms with Crippen molar-refractivity contribution in [3.8, 4) is 0 Å². The van der Waals surface area contributed by atoms with Gasteiger partial charge in [0.05, 0.1) is 18.1 Å². The lowest BCUT2D eigenvalue weighted by molar-refractivity contribution is 0.0730. The number of hydrogen-bond donors (Lipinski definition) is 1. The number of halogens is 1. The first kappa shape index (κ1) is 23.1. The molecule has 0 radical (unpaired) electrons. The number of ether oxygens (including phenoxy) is 1. The molecule has 1 atom stereocenters. The fourth-order valence-corrected chi connectivity index (χ4v) is 5.19. The van der Waals surface area contributed by atoms with Crippen molar-refractivity contribution in [2.75, 3.05) is 26.3 Å². The molecule has 10 heteroatoms. The first-order chi connectivity index (χ1) is 15.8. The minimum atomic E-state index is -3.75. The van der Waals surface area contributed by atoms with Crippen LogP contribution in [0.25, 0.3) is 0 Å². The third-order valence-electron chi connectivity index (χ3n) is 5.66. The summed E-state index contributed by atoms with van der Waals surface area (Å²) in [5.74, 6) is -0.283. The molecular formula is C23H25FN4O4S. The molecule has 1 aromatic heterocycles. The molecule has 1 aliphatic rings. The molecule has 2 aromatic carbocycles. The topological polar surface area (TPSA) is 93.5 Å². The predicted octanol–water partition coefficient (Wildman–Crippen LogP) is 2.41. The van der Waals surface area contributed by atoms with Crippen LogP contribution in [-0.2, 0) is 21.8 Å². The van der Waals surface area contributed by atoms with E-state index in [0.717, 1.165) is 0 Å². The monoisotopic (exact) mass is 472 g/mol. The van der Waals surface area contributed by atoms with E-state index in [4.69, 9.17) is 4.74 Å². The van der Waals surface area contributed by atoms with Crippen LogP contribution in [-0.4, -0.2) is 54.5 Å². The lowest BCUT2D eigenvalue weighted by Crippen LogP contribution is -2.40. The average molecular weight is 473 g/mol. The van der Waals surface area contributed by atoms with Gasteiger partial charge in [-0.25, -0.2) is 17.8 Å². The zero-order valence-electron chi connectivity index (χ0n) is 18.4. The maximum Gasteiger partial charge on any atom is 0.252 e. The summed E-state index contributed by atoms with van der Waals surface area (Å²) >= 11 is 0. The van der Waals surface area contributed by atoms with E-state index in [2.05, 4.69) is 10.3 Å². The maximum atomic E-state index is 13.5. The second-order valence-corrected chi connectivity index (χ2v) is 9.79. The van der Waals surface area contributed by atoms with Crippen molar-refractivity contribution in [1.29, 1.82) is 0 Å². The molecule has 2 heterocycles. The van der Waals surface area contributed by atoms with Gasteiger partial charge in [-0.3, -0.25) is 4.79 Å². The van der Waals surface area contributed by atoms with Crippen molar-refractivity contribution < 1.29 is 22.3 Å². The Balaban J connectivity index is 1.67. The normalized spacial score (nSPS) is 15.8. The van der Waals surface area contributed by atoms with Gasteiger partial charge >= 0.3 is 0 Å². The van der Waals surface area contributed by atoms with Gasteiger partial charge in [-0.2, -0.15) is 4.31 Å².